The summed E-state index contributed by atoms with van der Waals surface area (Å²) in [6.45, 7) is 0. The quantitative estimate of drug-likeness (QED) is 0.477. The summed E-state index contributed by atoms with van der Waals surface area (Å²) in [5, 5.41) is 0. The van der Waals surface area contributed by atoms with Gasteiger partial charge in [-0.1, -0.05) is 0 Å². The number of hydrogen-bond acceptors (Lipinski definition) is 6. The van der Waals surface area contributed by atoms with E-state index >= 15 is 0 Å². The summed E-state index contributed by atoms with van der Waals surface area (Å²) in [4.78, 5) is 17.5. The first kappa shape index (κ1) is 8.49. The van der Waals surface area contributed by atoms with Crippen molar-refractivity contribution in [3.63, 3.8) is 0 Å². The van der Waals surface area contributed by atoms with Crippen LogP contribution in [0.15, 0.2) is 23.4 Å². The first-order valence-electron chi connectivity index (χ1n) is 4.64. The topological polar surface area (TPSA) is 51.6 Å². The molecule has 0 aliphatic heterocycles. The highest BCUT2D eigenvalue weighted by molar-refractivity contribution is 7.21. The molecule has 4 aromatic rings. The van der Waals surface area contributed by atoms with Gasteiger partial charge in [-0.3, -0.25) is 9.97 Å². The van der Waals surface area contributed by atoms with Crippen LogP contribution in [0.4, 0.5) is 0 Å². The Balaban J connectivity index is 2.51. The van der Waals surface area contributed by atoms with Crippen LogP contribution in [0, 0.1) is 0 Å². The van der Waals surface area contributed by atoms with Crippen LogP contribution in [0.25, 0.3) is 31.5 Å². The second-order valence-electron chi connectivity index (χ2n) is 3.31. The van der Waals surface area contributed by atoms with Crippen molar-refractivity contribution in [2.45, 2.75) is 0 Å². The highest BCUT2D eigenvalue weighted by atomic mass is 32.1. The molecule has 16 heavy (non-hydrogen) atoms. The van der Waals surface area contributed by atoms with Gasteiger partial charge >= 0.3 is 0 Å². The molecule has 0 bridgehead atoms. The maximum atomic E-state index is 4.39. The summed E-state index contributed by atoms with van der Waals surface area (Å²) in [6, 6.07) is 0. The van der Waals surface area contributed by atoms with Crippen LogP contribution < -0.4 is 0 Å². The lowest BCUT2D eigenvalue weighted by atomic mass is 10.2. The van der Waals surface area contributed by atoms with E-state index in [0.29, 0.717) is 0 Å². The standard InChI is InChI=1S/C10H4N4S2/c1-2-12-6-5(11-1)7-10(15-3-13-7)8-9(6)16-4-14-8/h1-4H. The largest absolute Gasteiger partial charge is 0.251 e. The Bertz CT molecular complexity index is 748. The molecule has 3 aromatic heterocycles. The number of thiazole rings is 2. The van der Waals surface area contributed by atoms with Gasteiger partial charge in [0.25, 0.3) is 0 Å². The highest BCUT2D eigenvalue weighted by Gasteiger charge is 2.13. The number of hydrogen-bond donors (Lipinski definition) is 0. The lowest BCUT2D eigenvalue weighted by molar-refractivity contribution is 1.30. The van der Waals surface area contributed by atoms with Crippen LogP contribution in [0.2, 0.25) is 0 Å². The summed E-state index contributed by atoms with van der Waals surface area (Å²) in [7, 11) is 0. The fourth-order valence-corrected chi connectivity index (χ4v) is 3.48. The molecule has 0 spiro atoms. The van der Waals surface area contributed by atoms with Crippen LogP contribution in [0.1, 0.15) is 0 Å². The molecule has 0 aliphatic carbocycles. The summed E-state index contributed by atoms with van der Waals surface area (Å²) in [5.41, 5.74) is 7.35. The lowest BCUT2D eigenvalue weighted by Gasteiger charge is -1.98. The van der Waals surface area contributed by atoms with E-state index in [2.05, 4.69) is 19.9 Å². The number of aromatic nitrogens is 4. The average Bonchev–Trinajstić information content (AvgIpc) is 2.98. The van der Waals surface area contributed by atoms with Crippen molar-refractivity contribution in [3.8, 4) is 0 Å². The minimum Gasteiger partial charge on any atom is -0.251 e. The van der Waals surface area contributed by atoms with Gasteiger partial charge in [-0.2, -0.15) is 0 Å². The van der Waals surface area contributed by atoms with E-state index in [1.54, 1.807) is 35.1 Å². The van der Waals surface area contributed by atoms with E-state index in [0.717, 1.165) is 31.5 Å². The molecule has 3 heterocycles. The average molecular weight is 244 g/mol. The molecule has 4 rings (SSSR count). The molecular weight excluding hydrogens is 240 g/mol. The number of rotatable bonds is 0. The second kappa shape index (κ2) is 2.93. The zero-order chi connectivity index (χ0) is 10.5. The van der Waals surface area contributed by atoms with Crippen molar-refractivity contribution in [2.75, 3.05) is 0 Å². The van der Waals surface area contributed by atoms with Crippen LogP contribution in [-0.2, 0) is 0 Å². The Morgan fingerprint density at radius 2 is 1.19 bits per heavy atom. The van der Waals surface area contributed by atoms with Gasteiger partial charge in [0.1, 0.15) is 22.1 Å². The van der Waals surface area contributed by atoms with E-state index in [1.807, 2.05) is 11.0 Å². The van der Waals surface area contributed by atoms with Crippen molar-refractivity contribution in [2.24, 2.45) is 0 Å². The third kappa shape index (κ3) is 0.929. The van der Waals surface area contributed by atoms with Gasteiger partial charge in [0.15, 0.2) is 0 Å². The fraction of sp³-hybridized carbons (Fsp3) is 0. The van der Waals surface area contributed by atoms with Crippen LogP contribution in [0.3, 0.4) is 0 Å². The van der Waals surface area contributed by atoms with Gasteiger partial charge in [-0.05, 0) is 0 Å². The fourth-order valence-electron chi connectivity index (χ4n) is 1.84. The first-order chi connectivity index (χ1) is 7.95. The zero-order valence-electron chi connectivity index (χ0n) is 7.91. The molecule has 76 valence electrons. The molecule has 0 radical (unpaired) electrons. The van der Waals surface area contributed by atoms with E-state index in [-0.39, 0.29) is 0 Å². The molecular formula is C10H4N4S2. The molecule has 0 N–H and O–H groups in total. The van der Waals surface area contributed by atoms with Gasteiger partial charge in [0.2, 0.25) is 0 Å². The maximum absolute atomic E-state index is 4.39. The maximum Gasteiger partial charge on any atom is 0.117 e. The van der Waals surface area contributed by atoms with Crippen LogP contribution >= 0.6 is 22.7 Å². The normalized spacial score (nSPS) is 11.8. The molecule has 4 nitrogen and oxygen atoms in total. The molecule has 0 amide bonds. The SMILES string of the molecule is c1cnc2c(n1)c1ncsc1c1ncsc21. The summed E-state index contributed by atoms with van der Waals surface area (Å²) < 4.78 is 2.20. The smallest absolute Gasteiger partial charge is 0.117 e. The Labute approximate surface area is 97.6 Å². The minimum absolute atomic E-state index is 0.871. The van der Waals surface area contributed by atoms with Gasteiger partial charge < -0.3 is 0 Å². The van der Waals surface area contributed by atoms with Crippen molar-refractivity contribution in [1.29, 1.82) is 0 Å². The molecule has 0 unspecified atom stereocenters. The van der Waals surface area contributed by atoms with E-state index < -0.39 is 0 Å². The number of fused-ring (bicyclic) bond motifs is 6. The lowest BCUT2D eigenvalue weighted by Crippen LogP contribution is -1.84. The van der Waals surface area contributed by atoms with Crippen molar-refractivity contribution in [3.05, 3.63) is 23.4 Å². The van der Waals surface area contributed by atoms with E-state index in [4.69, 9.17) is 0 Å². The zero-order valence-corrected chi connectivity index (χ0v) is 9.55. The van der Waals surface area contributed by atoms with Crippen LogP contribution in [0.5, 0.6) is 0 Å². The van der Waals surface area contributed by atoms with Crippen molar-refractivity contribution >= 4 is 54.1 Å². The Morgan fingerprint density at radius 1 is 0.625 bits per heavy atom. The second-order valence-corrected chi connectivity index (χ2v) is 5.02. The predicted molar refractivity (Wildman–Crippen MR) is 65.9 cm³/mol. The molecule has 0 saturated heterocycles. The Hall–Kier alpha value is -1.66. The molecule has 1 aromatic carbocycles. The molecule has 6 heteroatoms. The third-order valence-corrected chi connectivity index (χ3v) is 4.15. The summed E-state index contributed by atoms with van der Waals surface area (Å²) in [5.74, 6) is 0. The Morgan fingerprint density at radius 3 is 1.94 bits per heavy atom. The van der Waals surface area contributed by atoms with Crippen molar-refractivity contribution < 1.29 is 0 Å². The van der Waals surface area contributed by atoms with Gasteiger partial charge in [0.05, 0.1) is 20.4 Å². The molecule has 0 saturated carbocycles. The third-order valence-electron chi connectivity index (χ3n) is 2.49. The number of benzene rings is 1. The monoisotopic (exact) mass is 244 g/mol. The van der Waals surface area contributed by atoms with Crippen LogP contribution in [-0.4, -0.2) is 19.9 Å². The van der Waals surface area contributed by atoms with Gasteiger partial charge in [-0.15, -0.1) is 22.7 Å². The van der Waals surface area contributed by atoms with Gasteiger partial charge in [-0.25, -0.2) is 9.97 Å². The molecule has 0 atom stereocenters. The van der Waals surface area contributed by atoms with Crippen molar-refractivity contribution in [1.82, 2.24) is 19.9 Å². The predicted octanol–water partition coefficient (Wildman–Crippen LogP) is 2.85. The molecule has 0 fully saturated rings. The molecule has 0 aliphatic rings. The summed E-state index contributed by atoms with van der Waals surface area (Å²) in [6.07, 6.45) is 3.41. The van der Waals surface area contributed by atoms with E-state index in [1.165, 1.54) is 0 Å². The first-order valence-corrected chi connectivity index (χ1v) is 6.40. The highest BCUT2D eigenvalue weighted by Crippen LogP contribution is 2.35. The van der Waals surface area contributed by atoms with Gasteiger partial charge in [0, 0.05) is 12.4 Å². The summed E-state index contributed by atoms with van der Waals surface area (Å²) >= 11 is 3.20. The number of nitrogens with zero attached hydrogens (tertiary/aromatic N) is 4. The minimum atomic E-state index is 0.871. The Kier molecular flexibility index (Phi) is 1.55. The van der Waals surface area contributed by atoms with E-state index in [9.17, 15) is 0 Å².